The smallest absolute Gasteiger partial charge is 0.165 e. The fourth-order valence-electron chi connectivity index (χ4n) is 2.28. The zero-order valence-corrected chi connectivity index (χ0v) is 10.1. The third-order valence-corrected chi connectivity index (χ3v) is 3.26. The van der Waals surface area contributed by atoms with Crippen molar-refractivity contribution >= 4 is 5.76 Å². The Hall–Kier alpha value is -1.64. The molecule has 0 saturated heterocycles. The first-order chi connectivity index (χ1) is 8.29. The van der Waals surface area contributed by atoms with E-state index in [1.54, 1.807) is 0 Å². The van der Waals surface area contributed by atoms with Crippen LogP contribution in [0.25, 0.3) is 5.76 Å². The molecule has 90 valence electrons. The van der Waals surface area contributed by atoms with Gasteiger partial charge in [0.15, 0.2) is 11.1 Å². The minimum Gasteiger partial charge on any atom is -0.324 e. The average Bonchev–Trinajstić information content (AvgIpc) is 2.82. The lowest BCUT2D eigenvalue weighted by atomic mass is 10.0. The second kappa shape index (κ2) is 5.62. The normalized spacial score (nSPS) is 17.1. The second-order valence-electron chi connectivity index (χ2n) is 4.61. The van der Waals surface area contributed by atoms with Gasteiger partial charge in [-0.15, -0.1) is 4.91 Å². The molecule has 0 radical (unpaired) electrons. The van der Waals surface area contributed by atoms with Gasteiger partial charge < -0.3 is 4.84 Å². The Bertz CT molecular complexity index is 403. The van der Waals surface area contributed by atoms with Crippen molar-refractivity contribution in [2.24, 2.45) is 11.3 Å². The van der Waals surface area contributed by atoms with Gasteiger partial charge in [-0.1, -0.05) is 42.7 Å². The van der Waals surface area contributed by atoms with Crippen LogP contribution >= 0.6 is 0 Å². The summed E-state index contributed by atoms with van der Waals surface area (Å²) in [4.78, 5) is 15.2. The largest absolute Gasteiger partial charge is 0.324 e. The van der Waals surface area contributed by atoms with Crippen LogP contribution in [0.4, 0.5) is 0 Å². The molecule has 1 aliphatic carbocycles. The van der Waals surface area contributed by atoms with Gasteiger partial charge in [-0.3, -0.25) is 0 Å². The number of hydrogen-bond donors (Lipinski definition) is 0. The Morgan fingerprint density at radius 2 is 1.94 bits per heavy atom. The highest BCUT2D eigenvalue weighted by Gasteiger charge is 2.15. The van der Waals surface area contributed by atoms with Crippen molar-refractivity contribution in [3.63, 3.8) is 0 Å². The van der Waals surface area contributed by atoms with Gasteiger partial charge >= 0.3 is 0 Å². The lowest BCUT2D eigenvalue weighted by Crippen LogP contribution is -1.93. The highest BCUT2D eigenvalue weighted by Crippen LogP contribution is 2.29. The summed E-state index contributed by atoms with van der Waals surface area (Å²) in [5, 5.41) is 2.56. The Kier molecular flexibility index (Phi) is 3.91. The van der Waals surface area contributed by atoms with Crippen LogP contribution in [0, 0.1) is 17.7 Å². The molecule has 1 aromatic rings. The fraction of sp³-hybridized carbons (Fsp3) is 0.429. The van der Waals surface area contributed by atoms with E-state index >= 15 is 0 Å². The van der Waals surface area contributed by atoms with E-state index in [0.717, 1.165) is 5.56 Å². The van der Waals surface area contributed by atoms with Gasteiger partial charge in [0.05, 0.1) is 0 Å². The molecular formula is C14H17NO2. The molecule has 1 saturated carbocycles. The predicted octanol–water partition coefficient (Wildman–Crippen LogP) is 4.22. The van der Waals surface area contributed by atoms with Crippen molar-refractivity contribution in [3.8, 4) is 0 Å². The quantitative estimate of drug-likeness (QED) is 0.442. The van der Waals surface area contributed by atoms with E-state index in [9.17, 15) is 4.91 Å². The number of aryl methyl sites for hydroxylation is 1. The van der Waals surface area contributed by atoms with E-state index in [2.05, 4.69) is 5.34 Å². The SMILES string of the molecule is Cc1ccc(/C(=C\C2CCCC2)ON=O)cc1. The Morgan fingerprint density at radius 1 is 1.29 bits per heavy atom. The van der Waals surface area contributed by atoms with E-state index < -0.39 is 0 Å². The van der Waals surface area contributed by atoms with Crippen LogP contribution in [0.15, 0.2) is 35.7 Å². The van der Waals surface area contributed by atoms with E-state index in [4.69, 9.17) is 4.84 Å². The van der Waals surface area contributed by atoms with E-state index in [1.165, 1.54) is 31.2 Å². The summed E-state index contributed by atoms with van der Waals surface area (Å²) in [6.07, 6.45) is 6.92. The molecule has 0 aliphatic heterocycles. The maximum Gasteiger partial charge on any atom is 0.165 e. The average molecular weight is 231 g/mol. The monoisotopic (exact) mass is 231 g/mol. The zero-order valence-electron chi connectivity index (χ0n) is 10.1. The third-order valence-electron chi connectivity index (χ3n) is 3.26. The van der Waals surface area contributed by atoms with Crippen LogP contribution in [0.1, 0.15) is 36.8 Å². The minimum atomic E-state index is 0.521. The van der Waals surface area contributed by atoms with Gasteiger partial charge in [0.25, 0.3) is 0 Å². The van der Waals surface area contributed by atoms with Gasteiger partial charge in [-0.2, -0.15) is 0 Å². The summed E-state index contributed by atoms with van der Waals surface area (Å²) in [5.41, 5.74) is 2.11. The molecule has 0 bridgehead atoms. The van der Waals surface area contributed by atoms with E-state index in [0.29, 0.717) is 11.7 Å². The van der Waals surface area contributed by atoms with Gasteiger partial charge in [0.1, 0.15) is 0 Å². The minimum absolute atomic E-state index is 0.521. The summed E-state index contributed by atoms with van der Waals surface area (Å²) >= 11 is 0. The van der Waals surface area contributed by atoms with Crippen LogP contribution < -0.4 is 0 Å². The van der Waals surface area contributed by atoms with Gasteiger partial charge in [-0.05, 0) is 31.8 Å². The molecule has 0 unspecified atom stereocenters. The Labute approximate surface area is 101 Å². The molecular weight excluding hydrogens is 214 g/mol. The summed E-state index contributed by atoms with van der Waals surface area (Å²) < 4.78 is 0. The third kappa shape index (κ3) is 3.16. The highest BCUT2D eigenvalue weighted by atomic mass is 16.7. The highest BCUT2D eigenvalue weighted by molar-refractivity contribution is 5.60. The topological polar surface area (TPSA) is 38.7 Å². The van der Waals surface area contributed by atoms with Gasteiger partial charge in [0, 0.05) is 5.56 Å². The summed E-state index contributed by atoms with van der Waals surface area (Å²) in [5.74, 6) is 1.11. The molecule has 0 heterocycles. The molecule has 0 aromatic heterocycles. The molecule has 17 heavy (non-hydrogen) atoms. The molecule has 0 amide bonds. The summed E-state index contributed by atoms with van der Waals surface area (Å²) in [6.45, 7) is 2.03. The van der Waals surface area contributed by atoms with Crippen molar-refractivity contribution < 1.29 is 4.84 Å². The molecule has 1 fully saturated rings. The van der Waals surface area contributed by atoms with Gasteiger partial charge in [0.2, 0.25) is 0 Å². The van der Waals surface area contributed by atoms with Crippen LogP contribution in [0.3, 0.4) is 0 Å². The molecule has 2 rings (SSSR count). The number of rotatable bonds is 4. The maximum atomic E-state index is 10.3. The number of hydrogen-bond acceptors (Lipinski definition) is 3. The van der Waals surface area contributed by atoms with Crippen molar-refractivity contribution in [3.05, 3.63) is 46.4 Å². The van der Waals surface area contributed by atoms with E-state index in [-0.39, 0.29) is 0 Å². The first-order valence-corrected chi connectivity index (χ1v) is 6.08. The fourth-order valence-corrected chi connectivity index (χ4v) is 2.28. The van der Waals surface area contributed by atoms with Crippen molar-refractivity contribution in [2.75, 3.05) is 0 Å². The molecule has 3 nitrogen and oxygen atoms in total. The second-order valence-corrected chi connectivity index (χ2v) is 4.61. The first-order valence-electron chi connectivity index (χ1n) is 6.08. The Morgan fingerprint density at radius 3 is 2.53 bits per heavy atom. The standard InChI is InChI=1S/C14H17NO2/c1-11-6-8-13(9-7-11)14(17-15-16)10-12-4-2-3-5-12/h6-10,12H,2-5H2,1H3/b14-10+. The molecule has 0 N–H and O–H groups in total. The zero-order chi connectivity index (χ0) is 12.1. The van der Waals surface area contributed by atoms with Crippen LogP contribution in [-0.4, -0.2) is 0 Å². The van der Waals surface area contributed by atoms with Crippen molar-refractivity contribution in [1.29, 1.82) is 0 Å². The molecule has 1 aromatic carbocycles. The number of allylic oxidation sites excluding steroid dienone is 1. The maximum absolute atomic E-state index is 10.3. The molecule has 1 aliphatic rings. The number of nitrogens with zero attached hydrogens (tertiary/aromatic N) is 1. The van der Waals surface area contributed by atoms with Crippen LogP contribution in [-0.2, 0) is 4.84 Å². The molecule has 0 spiro atoms. The van der Waals surface area contributed by atoms with E-state index in [1.807, 2.05) is 37.3 Å². The predicted molar refractivity (Wildman–Crippen MR) is 68.0 cm³/mol. The Balaban J connectivity index is 2.20. The lowest BCUT2D eigenvalue weighted by molar-refractivity contribution is 0.289. The van der Waals surface area contributed by atoms with Crippen molar-refractivity contribution in [2.45, 2.75) is 32.6 Å². The van der Waals surface area contributed by atoms with Gasteiger partial charge in [-0.25, -0.2) is 0 Å². The lowest BCUT2D eigenvalue weighted by Gasteiger charge is -2.07. The first kappa shape index (κ1) is 11.8. The molecule has 0 atom stereocenters. The van der Waals surface area contributed by atoms with Crippen molar-refractivity contribution in [1.82, 2.24) is 0 Å². The van der Waals surface area contributed by atoms with Crippen LogP contribution in [0.5, 0.6) is 0 Å². The summed E-state index contributed by atoms with van der Waals surface area (Å²) in [6, 6.07) is 7.93. The number of benzene rings is 1. The summed E-state index contributed by atoms with van der Waals surface area (Å²) in [7, 11) is 0. The van der Waals surface area contributed by atoms with Crippen LogP contribution in [0.2, 0.25) is 0 Å². The molecule has 3 heteroatoms.